The average molecular weight is 265 g/mol. The fourth-order valence-corrected chi connectivity index (χ4v) is 2.14. The van der Waals surface area contributed by atoms with E-state index in [-0.39, 0.29) is 5.82 Å². The fraction of sp³-hybridized carbons (Fsp3) is 0.500. The second kappa shape index (κ2) is 6.63. The fourth-order valence-electron chi connectivity index (χ4n) is 2.14. The Kier molecular flexibility index (Phi) is 4.87. The first kappa shape index (κ1) is 14.0. The van der Waals surface area contributed by atoms with Gasteiger partial charge in [0.25, 0.3) is 0 Å². The minimum Gasteiger partial charge on any atom is -0.383 e. The smallest absolute Gasteiger partial charge is 0.125 e. The summed E-state index contributed by atoms with van der Waals surface area (Å²) >= 11 is 0. The summed E-state index contributed by atoms with van der Waals surface area (Å²) in [6, 6.07) is 4.77. The van der Waals surface area contributed by atoms with E-state index in [0.29, 0.717) is 13.2 Å². The van der Waals surface area contributed by atoms with Gasteiger partial charge in [-0.25, -0.2) is 9.37 Å². The second-order valence-corrected chi connectivity index (χ2v) is 4.48. The zero-order chi connectivity index (χ0) is 13.7. The van der Waals surface area contributed by atoms with Crippen molar-refractivity contribution in [2.24, 2.45) is 0 Å². The van der Waals surface area contributed by atoms with Crippen LogP contribution in [0.5, 0.6) is 0 Å². The zero-order valence-corrected chi connectivity index (χ0v) is 11.4. The van der Waals surface area contributed by atoms with Gasteiger partial charge in [-0.3, -0.25) is 0 Å². The molecule has 0 fully saturated rings. The van der Waals surface area contributed by atoms with Crippen molar-refractivity contribution in [3.8, 4) is 0 Å². The molecule has 1 heterocycles. The van der Waals surface area contributed by atoms with Crippen LogP contribution in [-0.2, 0) is 17.8 Å². The van der Waals surface area contributed by atoms with Gasteiger partial charge >= 0.3 is 0 Å². The van der Waals surface area contributed by atoms with Crippen molar-refractivity contribution in [2.45, 2.75) is 26.4 Å². The standard InChI is InChI=1S/C14H20FN3O/c1-3-7-18-13-5-4-11(15)9-12(13)17-14(18)10-16-6-8-19-2/h4-5,9,16H,3,6-8,10H2,1-2H3. The van der Waals surface area contributed by atoms with Crippen LogP contribution in [0, 0.1) is 5.82 Å². The summed E-state index contributed by atoms with van der Waals surface area (Å²) in [6.45, 7) is 5.13. The maximum Gasteiger partial charge on any atom is 0.125 e. The molecule has 0 atom stereocenters. The highest BCUT2D eigenvalue weighted by Gasteiger charge is 2.10. The molecule has 0 saturated carbocycles. The predicted octanol–water partition coefficient (Wildman–Crippen LogP) is 2.32. The van der Waals surface area contributed by atoms with Crippen LogP contribution < -0.4 is 5.32 Å². The summed E-state index contributed by atoms with van der Waals surface area (Å²) in [5, 5.41) is 3.27. The highest BCUT2D eigenvalue weighted by Crippen LogP contribution is 2.18. The Bertz CT molecular complexity index is 539. The number of hydrogen-bond acceptors (Lipinski definition) is 3. The van der Waals surface area contributed by atoms with Gasteiger partial charge in [0, 0.05) is 26.3 Å². The number of fused-ring (bicyclic) bond motifs is 1. The van der Waals surface area contributed by atoms with Crippen LogP contribution in [0.3, 0.4) is 0 Å². The molecule has 0 unspecified atom stereocenters. The SMILES string of the molecule is CCCn1c(CNCCOC)nc2cc(F)ccc21. The molecule has 4 nitrogen and oxygen atoms in total. The summed E-state index contributed by atoms with van der Waals surface area (Å²) in [5.41, 5.74) is 1.71. The number of nitrogens with one attached hydrogen (secondary N) is 1. The molecule has 2 aromatic rings. The molecule has 0 aliphatic carbocycles. The maximum atomic E-state index is 13.2. The first-order valence-corrected chi connectivity index (χ1v) is 6.60. The molecular weight excluding hydrogens is 245 g/mol. The van der Waals surface area contributed by atoms with Crippen molar-refractivity contribution in [2.75, 3.05) is 20.3 Å². The van der Waals surface area contributed by atoms with Crippen LogP contribution in [0.4, 0.5) is 4.39 Å². The lowest BCUT2D eigenvalue weighted by Crippen LogP contribution is -2.21. The largest absolute Gasteiger partial charge is 0.383 e. The van der Waals surface area contributed by atoms with E-state index in [9.17, 15) is 4.39 Å². The van der Waals surface area contributed by atoms with Gasteiger partial charge in [0.05, 0.1) is 24.2 Å². The Labute approximate surface area is 112 Å². The monoisotopic (exact) mass is 265 g/mol. The lowest BCUT2D eigenvalue weighted by Gasteiger charge is -2.08. The van der Waals surface area contributed by atoms with Gasteiger partial charge in [-0.15, -0.1) is 0 Å². The van der Waals surface area contributed by atoms with Gasteiger partial charge in [-0.05, 0) is 18.6 Å². The lowest BCUT2D eigenvalue weighted by atomic mass is 10.3. The molecule has 0 saturated heterocycles. The van der Waals surface area contributed by atoms with E-state index in [1.807, 2.05) is 0 Å². The predicted molar refractivity (Wildman–Crippen MR) is 73.6 cm³/mol. The summed E-state index contributed by atoms with van der Waals surface area (Å²) in [5.74, 6) is 0.700. The molecule has 104 valence electrons. The third kappa shape index (κ3) is 3.30. The molecule has 1 aromatic carbocycles. The number of halogens is 1. The number of benzene rings is 1. The first-order chi connectivity index (χ1) is 9.26. The molecular formula is C14H20FN3O. The van der Waals surface area contributed by atoms with E-state index >= 15 is 0 Å². The second-order valence-electron chi connectivity index (χ2n) is 4.48. The maximum absolute atomic E-state index is 13.2. The van der Waals surface area contributed by atoms with Gasteiger partial charge < -0.3 is 14.6 Å². The molecule has 1 aromatic heterocycles. The molecule has 5 heteroatoms. The topological polar surface area (TPSA) is 39.1 Å². The Morgan fingerprint density at radius 1 is 1.42 bits per heavy atom. The molecule has 0 spiro atoms. The van der Waals surface area contributed by atoms with E-state index in [4.69, 9.17) is 4.74 Å². The van der Waals surface area contributed by atoms with Crippen molar-refractivity contribution in [1.29, 1.82) is 0 Å². The number of imidazole rings is 1. The van der Waals surface area contributed by atoms with E-state index in [1.54, 1.807) is 13.2 Å². The molecule has 1 N–H and O–H groups in total. The van der Waals surface area contributed by atoms with Crippen molar-refractivity contribution in [3.63, 3.8) is 0 Å². The Morgan fingerprint density at radius 2 is 2.26 bits per heavy atom. The number of aromatic nitrogens is 2. The molecule has 0 amide bonds. The van der Waals surface area contributed by atoms with Gasteiger partial charge in [0.15, 0.2) is 0 Å². The van der Waals surface area contributed by atoms with Crippen molar-refractivity contribution in [3.05, 3.63) is 29.8 Å². The van der Waals surface area contributed by atoms with E-state index in [2.05, 4.69) is 21.8 Å². The van der Waals surface area contributed by atoms with Gasteiger partial charge in [-0.1, -0.05) is 6.92 Å². The first-order valence-electron chi connectivity index (χ1n) is 6.60. The zero-order valence-electron chi connectivity index (χ0n) is 11.4. The van der Waals surface area contributed by atoms with Crippen LogP contribution in [0.15, 0.2) is 18.2 Å². The number of aryl methyl sites for hydroxylation is 1. The van der Waals surface area contributed by atoms with Crippen molar-refractivity contribution < 1.29 is 9.13 Å². The van der Waals surface area contributed by atoms with Gasteiger partial charge in [0.1, 0.15) is 11.6 Å². The lowest BCUT2D eigenvalue weighted by molar-refractivity contribution is 0.199. The molecule has 19 heavy (non-hydrogen) atoms. The molecule has 2 rings (SSSR count). The van der Waals surface area contributed by atoms with Crippen LogP contribution in [0.25, 0.3) is 11.0 Å². The number of ether oxygens (including phenoxy) is 1. The Morgan fingerprint density at radius 3 is 3.00 bits per heavy atom. The minimum atomic E-state index is -0.243. The highest BCUT2D eigenvalue weighted by atomic mass is 19.1. The van der Waals surface area contributed by atoms with Crippen LogP contribution in [0.2, 0.25) is 0 Å². The molecule has 0 radical (unpaired) electrons. The summed E-state index contributed by atoms with van der Waals surface area (Å²) in [6.07, 6.45) is 1.02. The minimum absolute atomic E-state index is 0.243. The Hall–Kier alpha value is -1.46. The third-order valence-electron chi connectivity index (χ3n) is 3.00. The number of methoxy groups -OCH3 is 1. The molecule has 0 aliphatic heterocycles. The summed E-state index contributed by atoms with van der Waals surface area (Å²) in [4.78, 5) is 4.51. The summed E-state index contributed by atoms with van der Waals surface area (Å²) in [7, 11) is 1.68. The number of hydrogen-bond donors (Lipinski definition) is 1. The van der Waals surface area contributed by atoms with Crippen molar-refractivity contribution in [1.82, 2.24) is 14.9 Å². The van der Waals surface area contributed by atoms with Crippen molar-refractivity contribution >= 4 is 11.0 Å². The van der Waals surface area contributed by atoms with Crippen LogP contribution in [-0.4, -0.2) is 29.8 Å². The number of nitrogens with zero attached hydrogens (tertiary/aromatic N) is 2. The molecule has 0 bridgehead atoms. The van der Waals surface area contributed by atoms with Gasteiger partial charge in [-0.2, -0.15) is 0 Å². The van der Waals surface area contributed by atoms with E-state index in [0.717, 1.165) is 36.4 Å². The quantitative estimate of drug-likeness (QED) is 0.781. The number of rotatable bonds is 7. The normalized spacial score (nSPS) is 11.3. The third-order valence-corrected chi connectivity index (χ3v) is 3.00. The average Bonchev–Trinajstić information content (AvgIpc) is 2.73. The van der Waals surface area contributed by atoms with E-state index < -0.39 is 0 Å². The Balaban J connectivity index is 2.22. The highest BCUT2D eigenvalue weighted by molar-refractivity contribution is 5.76. The summed E-state index contributed by atoms with van der Waals surface area (Å²) < 4.78 is 20.4. The van der Waals surface area contributed by atoms with Crippen LogP contribution >= 0.6 is 0 Å². The van der Waals surface area contributed by atoms with Gasteiger partial charge in [0.2, 0.25) is 0 Å². The molecule has 0 aliphatic rings. The van der Waals surface area contributed by atoms with Crippen LogP contribution in [0.1, 0.15) is 19.2 Å². The van der Waals surface area contributed by atoms with E-state index in [1.165, 1.54) is 12.1 Å².